The van der Waals surface area contributed by atoms with Gasteiger partial charge in [-0.1, -0.05) is 103 Å². The Labute approximate surface area is 166 Å². The molecule has 0 radical (unpaired) electrons. The quantitative estimate of drug-likeness (QED) is 0.344. The van der Waals surface area contributed by atoms with Gasteiger partial charge >= 0.3 is 0 Å². The molecule has 0 atom stereocenters. The molecule has 0 heterocycles. The van der Waals surface area contributed by atoms with Gasteiger partial charge < -0.3 is 0 Å². The third-order valence-corrected chi connectivity index (χ3v) is 5.63. The van der Waals surface area contributed by atoms with Gasteiger partial charge in [0.2, 0.25) is 0 Å². The zero-order valence-corrected chi connectivity index (χ0v) is 15.8. The molecule has 4 aromatic carbocycles. The molecule has 0 heteroatoms. The van der Waals surface area contributed by atoms with Gasteiger partial charge in [0.25, 0.3) is 0 Å². The van der Waals surface area contributed by atoms with Gasteiger partial charge in [-0.3, -0.25) is 0 Å². The lowest BCUT2D eigenvalue weighted by Crippen LogP contribution is -2.05. The zero-order valence-electron chi connectivity index (χ0n) is 15.8. The minimum absolute atomic E-state index is 1.09. The van der Waals surface area contributed by atoms with E-state index in [-0.39, 0.29) is 0 Å². The van der Waals surface area contributed by atoms with Crippen molar-refractivity contribution in [3.8, 4) is 11.1 Å². The van der Waals surface area contributed by atoms with Gasteiger partial charge in [0.05, 0.1) is 0 Å². The van der Waals surface area contributed by atoms with Crippen molar-refractivity contribution < 1.29 is 0 Å². The summed E-state index contributed by atoms with van der Waals surface area (Å²) in [6.07, 6.45) is 4.58. The van der Waals surface area contributed by atoms with Gasteiger partial charge in [0, 0.05) is 0 Å². The molecule has 134 valence electrons. The molecule has 0 aromatic heterocycles. The van der Waals surface area contributed by atoms with E-state index in [0.29, 0.717) is 0 Å². The van der Waals surface area contributed by atoms with Gasteiger partial charge in [0.15, 0.2) is 0 Å². The van der Waals surface area contributed by atoms with Crippen molar-refractivity contribution in [2.45, 2.75) is 12.8 Å². The van der Waals surface area contributed by atoms with Crippen LogP contribution >= 0.6 is 0 Å². The Morgan fingerprint density at radius 2 is 1.14 bits per heavy atom. The molecular formula is C28H22. The summed E-state index contributed by atoms with van der Waals surface area (Å²) in [4.78, 5) is 0. The second kappa shape index (κ2) is 7.32. The Morgan fingerprint density at radius 1 is 0.536 bits per heavy atom. The van der Waals surface area contributed by atoms with E-state index in [2.05, 4.69) is 109 Å². The van der Waals surface area contributed by atoms with Gasteiger partial charge in [0.1, 0.15) is 0 Å². The fourth-order valence-electron chi connectivity index (χ4n) is 4.26. The molecule has 1 aliphatic carbocycles. The normalized spacial score (nSPS) is 12.0. The molecule has 0 amide bonds. The molecule has 0 spiro atoms. The first-order chi connectivity index (χ1) is 13.9. The summed E-state index contributed by atoms with van der Waals surface area (Å²) in [5, 5.41) is 0. The fraction of sp³-hybridized carbons (Fsp3) is 0.0714. The summed E-state index contributed by atoms with van der Waals surface area (Å²) >= 11 is 0. The van der Waals surface area contributed by atoms with Crippen LogP contribution in [0.4, 0.5) is 0 Å². The zero-order chi connectivity index (χ0) is 18.8. The van der Waals surface area contributed by atoms with E-state index in [1.807, 2.05) is 0 Å². The summed E-state index contributed by atoms with van der Waals surface area (Å²) < 4.78 is 0. The second-order valence-corrected chi connectivity index (χ2v) is 7.32. The van der Waals surface area contributed by atoms with Crippen LogP contribution in [0.1, 0.15) is 27.8 Å². The van der Waals surface area contributed by atoms with Crippen molar-refractivity contribution in [2.24, 2.45) is 0 Å². The first-order valence-corrected chi connectivity index (χ1v) is 9.93. The molecule has 28 heavy (non-hydrogen) atoms. The van der Waals surface area contributed by atoms with Gasteiger partial charge in [-0.25, -0.2) is 0 Å². The fourth-order valence-corrected chi connectivity index (χ4v) is 4.26. The molecule has 0 bridgehead atoms. The van der Waals surface area contributed by atoms with Crippen molar-refractivity contribution >= 4 is 11.6 Å². The van der Waals surface area contributed by atoms with Crippen molar-refractivity contribution in [1.29, 1.82) is 0 Å². The number of fused-ring (bicyclic) bond motifs is 3. The second-order valence-electron chi connectivity index (χ2n) is 7.32. The molecule has 0 aliphatic heterocycles. The SMILES string of the molecule is C(=C(c1ccccc1)c1ccccc1)c1cccc2c1CCc1ccccc1-2. The van der Waals surface area contributed by atoms with Gasteiger partial charge in [-0.15, -0.1) is 0 Å². The third-order valence-electron chi connectivity index (χ3n) is 5.63. The van der Waals surface area contributed by atoms with Crippen LogP contribution in [0.25, 0.3) is 22.8 Å². The van der Waals surface area contributed by atoms with Crippen LogP contribution in [0.2, 0.25) is 0 Å². The summed E-state index contributed by atoms with van der Waals surface area (Å²) in [6.45, 7) is 0. The van der Waals surface area contributed by atoms with Crippen LogP contribution in [-0.2, 0) is 12.8 Å². The number of hydrogen-bond acceptors (Lipinski definition) is 0. The molecule has 0 N–H and O–H groups in total. The minimum atomic E-state index is 1.09. The lowest BCUT2D eigenvalue weighted by Gasteiger charge is -2.22. The number of hydrogen-bond donors (Lipinski definition) is 0. The van der Waals surface area contributed by atoms with Crippen LogP contribution in [0.15, 0.2) is 103 Å². The summed E-state index contributed by atoms with van der Waals surface area (Å²) in [5.74, 6) is 0. The van der Waals surface area contributed by atoms with Crippen LogP contribution in [-0.4, -0.2) is 0 Å². The molecule has 1 aliphatic rings. The van der Waals surface area contributed by atoms with Crippen molar-refractivity contribution in [3.05, 3.63) is 131 Å². The maximum atomic E-state index is 2.37. The first kappa shape index (κ1) is 16.8. The highest BCUT2D eigenvalue weighted by Crippen LogP contribution is 2.37. The standard InChI is InChI=1S/C28H22/c1-3-10-21(11-4-1)28(22-12-5-2-6-13-22)20-24-15-9-17-27-25-16-8-7-14-23(25)18-19-26(24)27/h1-17,20H,18-19H2. The third kappa shape index (κ3) is 3.08. The Morgan fingerprint density at radius 3 is 1.86 bits per heavy atom. The molecule has 5 rings (SSSR count). The number of rotatable bonds is 3. The highest BCUT2D eigenvalue weighted by molar-refractivity contribution is 5.93. The van der Waals surface area contributed by atoms with Gasteiger partial charge in [-0.2, -0.15) is 0 Å². The average Bonchev–Trinajstić information content (AvgIpc) is 2.78. The Kier molecular flexibility index (Phi) is 4.39. The molecule has 0 fully saturated rings. The molecule has 0 saturated heterocycles. The molecule has 0 nitrogen and oxygen atoms in total. The first-order valence-electron chi connectivity index (χ1n) is 9.93. The van der Waals surface area contributed by atoms with E-state index in [9.17, 15) is 0 Å². The minimum Gasteiger partial charge on any atom is -0.0622 e. The smallest absolute Gasteiger partial charge is 0.0105 e. The largest absolute Gasteiger partial charge is 0.0622 e. The van der Waals surface area contributed by atoms with E-state index < -0.39 is 0 Å². The Balaban J connectivity index is 1.69. The van der Waals surface area contributed by atoms with E-state index in [4.69, 9.17) is 0 Å². The monoisotopic (exact) mass is 358 g/mol. The van der Waals surface area contributed by atoms with Crippen molar-refractivity contribution in [2.75, 3.05) is 0 Å². The van der Waals surface area contributed by atoms with Crippen LogP contribution in [0.3, 0.4) is 0 Å². The molecular weight excluding hydrogens is 336 g/mol. The Hall–Kier alpha value is -3.38. The highest BCUT2D eigenvalue weighted by Gasteiger charge is 2.18. The topological polar surface area (TPSA) is 0 Å². The summed E-state index contributed by atoms with van der Waals surface area (Å²) in [6, 6.07) is 37.0. The maximum absolute atomic E-state index is 2.37. The van der Waals surface area contributed by atoms with Crippen LogP contribution in [0, 0.1) is 0 Å². The average molecular weight is 358 g/mol. The van der Waals surface area contributed by atoms with Crippen LogP contribution < -0.4 is 0 Å². The van der Waals surface area contributed by atoms with E-state index >= 15 is 0 Å². The highest BCUT2D eigenvalue weighted by atomic mass is 14.2. The van der Waals surface area contributed by atoms with Gasteiger partial charge in [-0.05, 0) is 63.4 Å². The molecule has 0 unspecified atom stereocenters. The summed E-state index contributed by atoms with van der Waals surface area (Å²) in [5.41, 5.74) is 10.8. The van der Waals surface area contributed by atoms with Crippen molar-refractivity contribution in [3.63, 3.8) is 0 Å². The lowest BCUT2D eigenvalue weighted by atomic mass is 9.82. The van der Waals surface area contributed by atoms with E-state index in [1.165, 1.54) is 44.5 Å². The Bertz CT molecular complexity index is 1090. The molecule has 4 aromatic rings. The van der Waals surface area contributed by atoms with Crippen LogP contribution in [0.5, 0.6) is 0 Å². The number of benzene rings is 4. The van der Waals surface area contributed by atoms with E-state index in [0.717, 1.165) is 12.8 Å². The van der Waals surface area contributed by atoms with E-state index in [1.54, 1.807) is 0 Å². The predicted octanol–water partition coefficient (Wildman–Crippen LogP) is 7.04. The number of aryl methyl sites for hydroxylation is 1. The summed E-state index contributed by atoms with van der Waals surface area (Å²) in [7, 11) is 0. The molecule has 0 saturated carbocycles. The maximum Gasteiger partial charge on any atom is -0.0105 e. The van der Waals surface area contributed by atoms with Crippen molar-refractivity contribution in [1.82, 2.24) is 0 Å². The predicted molar refractivity (Wildman–Crippen MR) is 119 cm³/mol. The lowest BCUT2D eigenvalue weighted by molar-refractivity contribution is 0.939.